The molecule has 0 rings (SSSR count). The van der Waals surface area contributed by atoms with Gasteiger partial charge in [0.25, 0.3) is 0 Å². The lowest BCUT2D eigenvalue weighted by Crippen LogP contribution is -1.77. The predicted octanol–water partition coefficient (Wildman–Crippen LogP) is 4.66. The van der Waals surface area contributed by atoms with Crippen LogP contribution in [0.4, 0.5) is 0 Å². The second-order valence-electron chi connectivity index (χ2n) is 3.47. The van der Waals surface area contributed by atoms with Gasteiger partial charge < -0.3 is 0 Å². The molecular formula is C16H23N. The second-order valence-corrected chi connectivity index (χ2v) is 3.47. The molecule has 0 aromatic heterocycles. The van der Waals surface area contributed by atoms with E-state index in [1.54, 1.807) is 0 Å². The number of allylic oxidation sites excluding steroid dienone is 10. The maximum Gasteiger partial charge on any atom is 0.0389 e. The topological polar surface area (TPSA) is 12.4 Å². The second kappa shape index (κ2) is 14.4. The molecule has 1 nitrogen and oxygen atoms in total. The van der Waals surface area contributed by atoms with E-state index in [0.717, 1.165) is 6.54 Å². The Hall–Kier alpha value is -1.63. The fraction of sp³-hybridized carbons (Fsp3) is 0.312. The summed E-state index contributed by atoms with van der Waals surface area (Å²) in [6.45, 7) is 5.10. The third kappa shape index (κ3) is 14.4. The van der Waals surface area contributed by atoms with E-state index >= 15 is 0 Å². The summed E-state index contributed by atoms with van der Waals surface area (Å²) < 4.78 is 0. The minimum absolute atomic E-state index is 0.931. The molecule has 0 amide bonds. The zero-order chi connectivity index (χ0) is 12.6. The zero-order valence-corrected chi connectivity index (χ0v) is 10.9. The molecule has 0 spiro atoms. The van der Waals surface area contributed by atoms with Crippen LogP contribution in [0.2, 0.25) is 0 Å². The summed E-state index contributed by atoms with van der Waals surface area (Å²) in [4.78, 5) is 4.25. The van der Waals surface area contributed by atoms with E-state index in [0.29, 0.717) is 0 Å². The Morgan fingerprint density at radius 3 is 1.82 bits per heavy atom. The van der Waals surface area contributed by atoms with E-state index in [9.17, 15) is 0 Å². The Morgan fingerprint density at radius 1 is 0.765 bits per heavy atom. The van der Waals surface area contributed by atoms with Gasteiger partial charge in [0, 0.05) is 12.8 Å². The lowest BCUT2D eigenvalue weighted by Gasteiger charge is -1.85. The zero-order valence-electron chi connectivity index (χ0n) is 10.9. The van der Waals surface area contributed by atoms with E-state index in [1.165, 1.54) is 12.8 Å². The first-order valence-corrected chi connectivity index (χ1v) is 6.19. The van der Waals surface area contributed by atoms with Crippen LogP contribution < -0.4 is 0 Å². The van der Waals surface area contributed by atoms with E-state index in [1.807, 2.05) is 73.9 Å². The van der Waals surface area contributed by atoms with Gasteiger partial charge in [-0.3, -0.25) is 4.99 Å². The largest absolute Gasteiger partial charge is 0.293 e. The summed E-state index contributed by atoms with van der Waals surface area (Å²) in [5.41, 5.74) is 0. The van der Waals surface area contributed by atoms with Crippen molar-refractivity contribution in [1.29, 1.82) is 0 Å². The van der Waals surface area contributed by atoms with Crippen LogP contribution in [0.3, 0.4) is 0 Å². The molecule has 92 valence electrons. The molecule has 0 heterocycles. The lowest BCUT2D eigenvalue weighted by molar-refractivity contribution is 0.810. The van der Waals surface area contributed by atoms with Crippen LogP contribution in [0, 0.1) is 0 Å². The molecule has 0 aliphatic rings. The highest BCUT2D eigenvalue weighted by atomic mass is 14.7. The van der Waals surface area contributed by atoms with Gasteiger partial charge in [-0.25, -0.2) is 0 Å². The summed E-state index contributed by atoms with van der Waals surface area (Å²) in [5.74, 6) is 0. The molecule has 0 aromatic rings. The van der Waals surface area contributed by atoms with Crippen molar-refractivity contribution >= 4 is 6.21 Å². The molecule has 0 saturated carbocycles. The van der Waals surface area contributed by atoms with E-state index in [-0.39, 0.29) is 0 Å². The van der Waals surface area contributed by atoms with Gasteiger partial charge in [-0.2, -0.15) is 0 Å². The summed E-state index contributed by atoms with van der Waals surface area (Å²) in [5, 5.41) is 0. The van der Waals surface area contributed by atoms with E-state index in [4.69, 9.17) is 0 Å². The van der Waals surface area contributed by atoms with Crippen molar-refractivity contribution in [2.24, 2.45) is 4.99 Å². The first-order chi connectivity index (χ1) is 8.41. The average molecular weight is 229 g/mol. The minimum atomic E-state index is 0.931. The van der Waals surface area contributed by atoms with Crippen molar-refractivity contribution in [2.75, 3.05) is 6.54 Å². The Morgan fingerprint density at radius 2 is 1.29 bits per heavy atom. The average Bonchev–Trinajstić information content (AvgIpc) is 2.35. The van der Waals surface area contributed by atoms with E-state index < -0.39 is 0 Å². The number of unbranched alkanes of at least 4 members (excludes halogenated alkanes) is 1. The standard InChI is InChI=1S/C16H23N/c1-3-5-7-8-9-10-11-12-13-14-16-17-15-6-4-2/h3,5,7-14,16H,4,6,15H2,1-2H3/b5-3+,8-7+,10-9+,12-11+,14-13+,17-16+. The fourth-order valence-electron chi connectivity index (χ4n) is 0.995. The van der Waals surface area contributed by atoms with Gasteiger partial charge in [-0.15, -0.1) is 0 Å². The molecule has 17 heavy (non-hydrogen) atoms. The van der Waals surface area contributed by atoms with Crippen molar-refractivity contribution in [3.8, 4) is 0 Å². The van der Waals surface area contributed by atoms with Crippen LogP contribution in [0.25, 0.3) is 0 Å². The highest BCUT2D eigenvalue weighted by Gasteiger charge is 1.74. The molecule has 0 N–H and O–H groups in total. The third-order valence-electron chi connectivity index (χ3n) is 1.91. The van der Waals surface area contributed by atoms with Crippen molar-refractivity contribution in [1.82, 2.24) is 0 Å². The van der Waals surface area contributed by atoms with Gasteiger partial charge in [-0.1, -0.05) is 68.0 Å². The molecule has 0 aliphatic carbocycles. The van der Waals surface area contributed by atoms with Crippen molar-refractivity contribution in [3.63, 3.8) is 0 Å². The van der Waals surface area contributed by atoms with Gasteiger partial charge in [0.2, 0.25) is 0 Å². The van der Waals surface area contributed by atoms with Gasteiger partial charge in [0.1, 0.15) is 0 Å². The SMILES string of the molecule is C/C=C/C=C/C=C/C=C/C=C/C=N/CCCC. The van der Waals surface area contributed by atoms with Gasteiger partial charge in [0.15, 0.2) is 0 Å². The molecular weight excluding hydrogens is 206 g/mol. The highest BCUT2D eigenvalue weighted by molar-refractivity contribution is 5.71. The third-order valence-corrected chi connectivity index (χ3v) is 1.91. The normalized spacial score (nSPS) is 13.8. The highest BCUT2D eigenvalue weighted by Crippen LogP contribution is 1.86. The van der Waals surface area contributed by atoms with Gasteiger partial charge >= 0.3 is 0 Å². The minimum Gasteiger partial charge on any atom is -0.293 e. The van der Waals surface area contributed by atoms with Crippen LogP contribution in [-0.2, 0) is 0 Å². The maximum absolute atomic E-state index is 4.25. The summed E-state index contributed by atoms with van der Waals surface area (Å²) in [6, 6.07) is 0. The van der Waals surface area contributed by atoms with Crippen LogP contribution in [-0.4, -0.2) is 12.8 Å². The Kier molecular flexibility index (Phi) is 13.0. The Balaban J connectivity index is 3.65. The summed E-state index contributed by atoms with van der Waals surface area (Å²) >= 11 is 0. The monoisotopic (exact) mass is 229 g/mol. The molecule has 0 atom stereocenters. The first-order valence-electron chi connectivity index (χ1n) is 6.19. The van der Waals surface area contributed by atoms with Crippen molar-refractivity contribution in [2.45, 2.75) is 26.7 Å². The van der Waals surface area contributed by atoms with Crippen molar-refractivity contribution < 1.29 is 0 Å². The summed E-state index contributed by atoms with van der Waals surface area (Å²) in [7, 11) is 0. The van der Waals surface area contributed by atoms with Crippen molar-refractivity contribution in [3.05, 3.63) is 60.8 Å². The number of hydrogen-bond acceptors (Lipinski definition) is 1. The lowest BCUT2D eigenvalue weighted by atomic mass is 10.3. The Bertz CT molecular complexity index is 314. The summed E-state index contributed by atoms with van der Waals surface area (Å²) in [6.07, 6.45) is 24.2. The first kappa shape index (κ1) is 15.4. The van der Waals surface area contributed by atoms with Crippen LogP contribution in [0.15, 0.2) is 65.8 Å². The fourth-order valence-corrected chi connectivity index (χ4v) is 0.995. The molecule has 0 saturated heterocycles. The quantitative estimate of drug-likeness (QED) is 0.326. The number of rotatable bonds is 8. The maximum atomic E-state index is 4.25. The molecule has 1 heteroatoms. The molecule has 0 radical (unpaired) electrons. The van der Waals surface area contributed by atoms with Gasteiger partial charge in [-0.05, 0) is 19.4 Å². The molecule has 0 unspecified atom stereocenters. The Labute approximate surface area is 106 Å². The molecule has 0 fully saturated rings. The number of aliphatic imine (C=N–C) groups is 1. The van der Waals surface area contributed by atoms with E-state index in [2.05, 4.69) is 11.9 Å². The molecule has 0 aromatic carbocycles. The molecule has 0 aliphatic heterocycles. The van der Waals surface area contributed by atoms with Crippen LogP contribution >= 0.6 is 0 Å². The predicted molar refractivity (Wildman–Crippen MR) is 79.6 cm³/mol. The smallest absolute Gasteiger partial charge is 0.0389 e. The number of nitrogens with zero attached hydrogens (tertiary/aromatic N) is 1. The number of hydrogen-bond donors (Lipinski definition) is 0. The van der Waals surface area contributed by atoms with Crippen LogP contribution in [0.1, 0.15) is 26.7 Å². The molecule has 0 bridgehead atoms. The van der Waals surface area contributed by atoms with Gasteiger partial charge in [0.05, 0.1) is 0 Å². The van der Waals surface area contributed by atoms with Crippen LogP contribution in [0.5, 0.6) is 0 Å².